The fraction of sp³-hybridized carbons (Fsp3) is 0.630. The Kier molecular flexibility index (Phi) is 48.6. The smallest absolute Gasteiger partial charge is 0.328 e. The third-order valence-electron chi connectivity index (χ3n) is 19.9. The number of nitrogens with zero attached hydrogens (tertiary/aromatic N) is 7. The third kappa shape index (κ3) is 39.3. The number of hydrogen-bond acceptors (Lipinski definition) is 5. The Bertz CT molecular complexity index is 2970. The molecule has 0 aliphatic heterocycles. The number of allylic oxidation sites excluding steroid dienone is 15. The number of H-pyrrole nitrogens is 1. The van der Waals surface area contributed by atoms with E-state index in [1.807, 2.05) is 69.6 Å². The molecule has 6 atom stereocenters. The van der Waals surface area contributed by atoms with Crippen molar-refractivity contribution in [3.8, 4) is 0 Å². The summed E-state index contributed by atoms with van der Waals surface area (Å²) in [4.78, 5) is 20.2. The number of imidazole rings is 4. The normalized spacial score (nSPS) is 20.6. The lowest BCUT2D eigenvalue weighted by molar-refractivity contribution is 0.213. The number of hydrogen-bond donors (Lipinski definition) is 2. The number of nitrogens with one attached hydrogen (secondary N) is 1. The molecule has 2 N–H and O–H groups in total. The maximum Gasteiger partial charge on any atom is 0.328 e. The molecule has 0 saturated heterocycles. The van der Waals surface area contributed by atoms with Crippen molar-refractivity contribution in [1.82, 2.24) is 38.6 Å². The third-order valence-corrected chi connectivity index (χ3v) is 21.1. The van der Waals surface area contributed by atoms with Gasteiger partial charge >= 0.3 is 7.52 Å². The average Bonchev–Trinajstić information content (AvgIpc) is 1.64. The van der Waals surface area contributed by atoms with Gasteiger partial charge in [0.15, 0.2) is 0 Å². The summed E-state index contributed by atoms with van der Waals surface area (Å²) < 4.78 is 24.0. The van der Waals surface area contributed by atoms with Gasteiger partial charge in [-0.05, 0) is 288 Å². The Hall–Kier alpha value is -4.96. The van der Waals surface area contributed by atoms with E-state index in [1.54, 1.807) is 74.3 Å². The van der Waals surface area contributed by atoms with Crippen molar-refractivity contribution in [2.24, 2.45) is 56.7 Å². The first-order valence-electron chi connectivity index (χ1n) is 35.7. The standard InChI is InChI=1S/C14H22N2.C13H20N2.C12H18N2.C9H15I.C9H16O.C9H16.C6H10.C5H8N2.C3H6.CH4BF.2FH.2H2/c1-10-5-6-13(7-11(10)2)8-14-9-16(4)12(3)15-14;1-10-4-5-12(6-11(10)2)7-13-8-15(3)9-14-13;1-9-3-4-11(5-10(9)2)6-12-7-13-8-14-12;2*1-7-3-4-9(6-10)5-8(7)2;1-7-4-5-8(2)9(3)6-7;1-5(2)6(3)4;1-5-6-3-4-7(5)2;1-3-2;1-2-3;;;;/h9,13H,5-8H2,1-4H3;8-9,12H,4-7H2,1-3H3;7-8,11H,3-6H2,1-2H3,(H,13,14);9H,3-6H2,1-2H3;9-10H,3-6H2,1-2H3;7H,4-6H2,1-3H3;1,3H2,2,4H3;3-4H,1-2H3;3H,1H2,2H3;2H,1H3;4*1H/i;;;;;;;;;2T;;;2*1+2. The molecule has 0 aromatic carbocycles. The number of alkyl halides is 1. The molecule has 0 radical (unpaired) electrons. The molecule has 4 aromatic heterocycles. The predicted octanol–water partition coefficient (Wildman–Crippen LogP) is 23.6. The first-order chi connectivity index (χ1) is 44.2. The summed E-state index contributed by atoms with van der Waals surface area (Å²) in [6.45, 7) is 51.5. The molecule has 0 saturated carbocycles. The average molecular weight is 1440 g/mol. The van der Waals surface area contributed by atoms with Gasteiger partial charge in [-0.15, -0.1) is 6.58 Å². The van der Waals surface area contributed by atoms with E-state index in [4.69, 9.17) is 6.44 Å². The molecular formula is C81H141BF3IN8O. The summed E-state index contributed by atoms with van der Waals surface area (Å²) in [5.41, 5.74) is 25.1. The second-order valence-electron chi connectivity index (χ2n) is 28.5. The topological polar surface area (TPSA) is 102 Å². The number of aliphatic hydroxyl groups excluding tert-OH is 1. The molecule has 6 aliphatic rings. The van der Waals surface area contributed by atoms with Crippen LogP contribution in [0.3, 0.4) is 0 Å². The molecule has 10 rings (SSSR count). The van der Waals surface area contributed by atoms with E-state index < -0.39 is 7.52 Å². The first kappa shape index (κ1) is 90.0. The summed E-state index contributed by atoms with van der Waals surface area (Å²) >= 11 is 2.50. The zero-order chi connectivity index (χ0) is 71.2. The minimum Gasteiger partial charge on any atom is -0.396 e. The largest absolute Gasteiger partial charge is 0.396 e. The summed E-state index contributed by atoms with van der Waals surface area (Å²) in [5, 5.41) is 8.87. The molecule has 0 fully saturated rings. The zero-order valence-electron chi connectivity index (χ0n) is 65.2. The van der Waals surface area contributed by atoms with Crippen LogP contribution in [0.15, 0.2) is 147 Å². The Morgan fingerprint density at radius 2 is 0.989 bits per heavy atom. The zero-order valence-corrected chi connectivity index (χ0v) is 66.4. The molecule has 14 heteroatoms. The van der Waals surface area contributed by atoms with E-state index in [2.05, 4.69) is 188 Å². The van der Waals surface area contributed by atoms with Gasteiger partial charge in [0, 0.05) is 73.0 Å². The summed E-state index contributed by atoms with van der Waals surface area (Å²) in [7, 11) is 4.66. The molecule has 4 heterocycles. The summed E-state index contributed by atoms with van der Waals surface area (Å²) in [6, 6.07) is 0. The number of rotatable bonds is 9. The molecule has 0 amide bonds. The van der Waals surface area contributed by atoms with Crippen LogP contribution in [0.5, 0.6) is 0 Å². The van der Waals surface area contributed by atoms with Crippen LogP contribution in [0, 0.1) is 49.4 Å². The highest BCUT2D eigenvalue weighted by atomic mass is 127. The molecule has 95 heavy (non-hydrogen) atoms. The van der Waals surface area contributed by atoms with E-state index in [0.29, 0.717) is 12.5 Å². The summed E-state index contributed by atoms with van der Waals surface area (Å²) in [6.07, 6.45) is 42.2. The minimum atomic E-state index is -1.42. The van der Waals surface area contributed by atoms with Crippen LogP contribution in [-0.2, 0) is 40.4 Å². The lowest BCUT2D eigenvalue weighted by Gasteiger charge is -2.23. The van der Waals surface area contributed by atoms with Gasteiger partial charge in [-0.25, -0.2) is 19.9 Å². The molecule has 0 spiro atoms. The van der Waals surface area contributed by atoms with Gasteiger partial charge in [0.05, 0.1) is 24.0 Å². The number of aryl methyl sites for hydroxylation is 5. The highest BCUT2D eigenvalue weighted by Crippen LogP contribution is 2.35. The van der Waals surface area contributed by atoms with Gasteiger partial charge in [0.25, 0.3) is 0 Å². The van der Waals surface area contributed by atoms with E-state index in [0.717, 1.165) is 78.1 Å². The maximum absolute atomic E-state index is 10.7. The van der Waals surface area contributed by atoms with Gasteiger partial charge in [-0.2, -0.15) is 0 Å². The number of aliphatic hydroxyl groups is 1. The lowest BCUT2D eigenvalue weighted by Crippen LogP contribution is -2.11. The number of aromatic nitrogens is 8. The molecule has 542 valence electrons. The predicted molar refractivity (Wildman–Crippen MR) is 424 cm³/mol. The van der Waals surface area contributed by atoms with E-state index in [1.165, 1.54) is 149 Å². The number of halogens is 4. The van der Waals surface area contributed by atoms with Crippen molar-refractivity contribution < 1.29 is 21.7 Å². The van der Waals surface area contributed by atoms with Crippen molar-refractivity contribution in [3.63, 3.8) is 0 Å². The lowest BCUT2D eigenvalue weighted by atomic mass is 9.83. The molecule has 4 aromatic rings. The van der Waals surface area contributed by atoms with Crippen molar-refractivity contribution >= 4 is 30.1 Å². The number of aromatic amines is 1. The van der Waals surface area contributed by atoms with Gasteiger partial charge < -0.3 is 28.1 Å². The Labute approximate surface area is 598 Å². The molecule has 6 aliphatic carbocycles. The van der Waals surface area contributed by atoms with Gasteiger partial charge in [0.1, 0.15) is 11.6 Å². The molecule has 0 bridgehead atoms. The van der Waals surface area contributed by atoms with E-state index >= 15 is 0 Å². The molecular weight excluding hydrogens is 1300 g/mol. The van der Waals surface area contributed by atoms with Crippen LogP contribution in [-0.4, -0.2) is 63.6 Å². The van der Waals surface area contributed by atoms with Gasteiger partial charge in [-0.1, -0.05) is 134 Å². The highest BCUT2D eigenvalue weighted by Gasteiger charge is 2.21. The summed E-state index contributed by atoms with van der Waals surface area (Å²) in [5.74, 6) is 7.07. The fourth-order valence-corrected chi connectivity index (χ4v) is 12.8. The van der Waals surface area contributed by atoms with Crippen molar-refractivity contribution in [1.29, 1.82) is 1.34 Å². The van der Waals surface area contributed by atoms with Gasteiger partial charge in [0.2, 0.25) is 0 Å². The Morgan fingerprint density at radius 3 is 1.28 bits per heavy atom. The first-order valence-corrected chi connectivity index (χ1v) is 36.7. The van der Waals surface area contributed by atoms with Crippen LogP contribution < -0.4 is 0 Å². The van der Waals surface area contributed by atoms with E-state index in [-0.39, 0.29) is 12.3 Å². The fourth-order valence-electron chi connectivity index (χ4n) is 12.0. The minimum absolute atomic E-state index is 0. The van der Waals surface area contributed by atoms with E-state index in [9.17, 15) is 4.32 Å². The monoisotopic (exact) mass is 1440 g/mol. The maximum atomic E-state index is 10.7. The van der Waals surface area contributed by atoms with Crippen LogP contribution in [0.2, 0.25) is 6.82 Å². The van der Waals surface area contributed by atoms with Gasteiger partial charge in [-0.3, -0.25) is 9.41 Å². The van der Waals surface area contributed by atoms with Crippen molar-refractivity contribution in [3.05, 3.63) is 176 Å². The van der Waals surface area contributed by atoms with Crippen LogP contribution in [0.1, 0.15) is 258 Å². The second kappa shape index (κ2) is 51.3. The highest BCUT2D eigenvalue weighted by molar-refractivity contribution is 14.1. The van der Waals surface area contributed by atoms with Crippen LogP contribution >= 0.6 is 22.6 Å². The van der Waals surface area contributed by atoms with Crippen molar-refractivity contribution in [2.75, 3.05) is 11.0 Å². The quantitative estimate of drug-likeness (QED) is 0.0571. The second-order valence-corrected chi connectivity index (χ2v) is 29.4. The van der Waals surface area contributed by atoms with Crippen molar-refractivity contribution in [2.45, 2.75) is 266 Å². The molecule has 9 nitrogen and oxygen atoms in total. The Morgan fingerprint density at radius 1 is 0.611 bits per heavy atom. The Balaban J connectivity index is -0.000000513. The van der Waals surface area contributed by atoms with Crippen LogP contribution in [0.4, 0.5) is 13.7 Å². The SMILES string of the molecule is C=C(C)C(=C)C.C=CC.CC1=C(C)CC(C)CC1.CC1=C(C)CC(CI)CC1.CC1=C(C)CC(CO)CC1.CC1=C(C)CC(Cc2cn(C)c(C)n2)CC1.CC1=C(C)CC(Cc2cn(C)cn2)CC1.CC1=C(C)CC(Cc2cnc[nH]2)CC1.Cc1nccn1C.F.F.[3HH].[3HH].[3H]B(C)F. The molecule has 6 unspecified atom stereocenters. The van der Waals surface area contributed by atoms with Crippen LogP contribution in [0.25, 0.3) is 0 Å².